The van der Waals surface area contributed by atoms with Crippen LogP contribution in [0.2, 0.25) is 0 Å². The van der Waals surface area contributed by atoms with Gasteiger partial charge in [0.15, 0.2) is 0 Å². The predicted molar refractivity (Wildman–Crippen MR) is 79.4 cm³/mol. The van der Waals surface area contributed by atoms with Gasteiger partial charge >= 0.3 is 0 Å². The quantitative estimate of drug-likeness (QED) is 0.845. The van der Waals surface area contributed by atoms with Gasteiger partial charge in [0, 0.05) is 26.3 Å². The second-order valence-electron chi connectivity index (χ2n) is 4.92. The molecule has 0 radical (unpaired) electrons. The van der Waals surface area contributed by atoms with Crippen molar-refractivity contribution in [2.45, 2.75) is 13.2 Å². The second kappa shape index (κ2) is 6.99. The van der Waals surface area contributed by atoms with E-state index >= 15 is 0 Å². The van der Waals surface area contributed by atoms with Gasteiger partial charge in [-0.1, -0.05) is 24.3 Å². The number of hydrogen-bond donors (Lipinski definition) is 0. The number of carbonyl (C=O) groups is 1. The Balaban J connectivity index is 2.02. The van der Waals surface area contributed by atoms with E-state index in [-0.39, 0.29) is 11.7 Å². The Bertz CT molecular complexity index is 593. The Morgan fingerprint density at radius 2 is 1.62 bits per heavy atom. The van der Waals surface area contributed by atoms with Gasteiger partial charge in [-0.05, 0) is 35.4 Å². The van der Waals surface area contributed by atoms with Crippen molar-refractivity contribution in [3.63, 3.8) is 0 Å². The molecule has 0 saturated carbocycles. The molecule has 0 unspecified atom stereocenters. The molecule has 2 aromatic rings. The third kappa shape index (κ3) is 4.13. The van der Waals surface area contributed by atoms with Crippen LogP contribution in [0.4, 0.5) is 4.39 Å². The zero-order valence-corrected chi connectivity index (χ0v) is 12.2. The number of methoxy groups -OCH3 is 1. The lowest BCUT2D eigenvalue weighted by Gasteiger charge is -2.17. The summed E-state index contributed by atoms with van der Waals surface area (Å²) in [6, 6.07) is 13.5. The molecule has 0 N–H and O–H groups in total. The number of benzene rings is 2. The van der Waals surface area contributed by atoms with Gasteiger partial charge in [-0.3, -0.25) is 4.79 Å². The minimum absolute atomic E-state index is 0.0664. The molecule has 3 nitrogen and oxygen atoms in total. The van der Waals surface area contributed by atoms with Crippen LogP contribution in [-0.4, -0.2) is 25.0 Å². The van der Waals surface area contributed by atoms with Crippen molar-refractivity contribution in [1.29, 1.82) is 0 Å². The normalized spacial score (nSPS) is 10.4. The molecule has 2 rings (SSSR count). The van der Waals surface area contributed by atoms with Gasteiger partial charge in [0.1, 0.15) is 5.82 Å². The highest BCUT2D eigenvalue weighted by Crippen LogP contribution is 2.11. The van der Waals surface area contributed by atoms with Crippen molar-refractivity contribution in [3.05, 3.63) is 71.0 Å². The van der Waals surface area contributed by atoms with Crippen molar-refractivity contribution in [2.24, 2.45) is 0 Å². The Morgan fingerprint density at radius 1 is 1.05 bits per heavy atom. The number of amides is 1. The fourth-order valence-corrected chi connectivity index (χ4v) is 2.07. The molecule has 4 heteroatoms. The average molecular weight is 287 g/mol. The maximum absolute atomic E-state index is 12.9. The van der Waals surface area contributed by atoms with E-state index in [9.17, 15) is 9.18 Å². The Hall–Kier alpha value is -2.20. The first-order valence-electron chi connectivity index (χ1n) is 6.68. The van der Waals surface area contributed by atoms with Crippen LogP contribution in [0.5, 0.6) is 0 Å². The summed E-state index contributed by atoms with van der Waals surface area (Å²) in [5.41, 5.74) is 2.54. The van der Waals surface area contributed by atoms with Crippen LogP contribution in [0.3, 0.4) is 0 Å². The molecular formula is C17H18FNO2. The van der Waals surface area contributed by atoms with Crippen molar-refractivity contribution < 1.29 is 13.9 Å². The first kappa shape index (κ1) is 15.2. The topological polar surface area (TPSA) is 29.5 Å². The van der Waals surface area contributed by atoms with E-state index in [2.05, 4.69) is 0 Å². The number of rotatable bonds is 5. The molecule has 0 spiro atoms. The molecule has 110 valence electrons. The summed E-state index contributed by atoms with van der Waals surface area (Å²) in [5, 5.41) is 0. The van der Waals surface area contributed by atoms with E-state index in [4.69, 9.17) is 4.74 Å². The molecule has 0 aliphatic heterocycles. The summed E-state index contributed by atoms with van der Waals surface area (Å²) < 4.78 is 17.9. The van der Waals surface area contributed by atoms with Crippen LogP contribution >= 0.6 is 0 Å². The van der Waals surface area contributed by atoms with Gasteiger partial charge in [-0.25, -0.2) is 4.39 Å². The second-order valence-corrected chi connectivity index (χ2v) is 4.92. The molecule has 21 heavy (non-hydrogen) atoms. The molecule has 0 aromatic heterocycles. The van der Waals surface area contributed by atoms with Gasteiger partial charge < -0.3 is 9.64 Å². The molecule has 0 bridgehead atoms. The van der Waals surface area contributed by atoms with E-state index in [0.717, 1.165) is 11.1 Å². The largest absolute Gasteiger partial charge is 0.380 e. The highest BCUT2D eigenvalue weighted by molar-refractivity contribution is 5.94. The number of hydrogen-bond acceptors (Lipinski definition) is 2. The number of halogens is 1. The molecule has 0 aliphatic rings. The summed E-state index contributed by atoms with van der Waals surface area (Å²) in [7, 11) is 3.37. The van der Waals surface area contributed by atoms with E-state index in [1.165, 1.54) is 12.1 Å². The molecule has 0 heterocycles. The summed E-state index contributed by atoms with van der Waals surface area (Å²) in [5.74, 6) is -0.343. The van der Waals surface area contributed by atoms with Crippen LogP contribution in [0.1, 0.15) is 21.5 Å². The SMILES string of the molecule is COCc1ccc(C(=O)N(C)Cc2ccc(F)cc2)cc1. The lowest BCUT2D eigenvalue weighted by atomic mass is 10.1. The third-order valence-corrected chi connectivity index (χ3v) is 3.19. The highest BCUT2D eigenvalue weighted by Gasteiger charge is 2.12. The van der Waals surface area contributed by atoms with Crippen molar-refractivity contribution in [3.8, 4) is 0 Å². The van der Waals surface area contributed by atoms with E-state index in [1.54, 1.807) is 43.3 Å². The lowest BCUT2D eigenvalue weighted by Crippen LogP contribution is -2.26. The zero-order chi connectivity index (χ0) is 15.2. The van der Waals surface area contributed by atoms with Crippen LogP contribution in [0.25, 0.3) is 0 Å². The number of ether oxygens (including phenoxy) is 1. The molecule has 1 amide bonds. The summed E-state index contributed by atoms with van der Waals surface area (Å²) in [6.45, 7) is 0.971. The standard InChI is InChI=1S/C17H18FNO2/c1-19(11-13-5-9-16(18)10-6-13)17(20)15-7-3-14(4-8-15)12-21-2/h3-10H,11-12H2,1-2H3. The van der Waals surface area contributed by atoms with Crippen LogP contribution in [0.15, 0.2) is 48.5 Å². The predicted octanol–water partition coefficient (Wildman–Crippen LogP) is 3.24. The molecule has 0 saturated heterocycles. The zero-order valence-electron chi connectivity index (χ0n) is 12.2. The molecule has 2 aromatic carbocycles. The summed E-state index contributed by atoms with van der Waals surface area (Å²) in [6.07, 6.45) is 0. The first-order chi connectivity index (χ1) is 10.1. The minimum Gasteiger partial charge on any atom is -0.380 e. The van der Waals surface area contributed by atoms with Crippen molar-refractivity contribution in [2.75, 3.05) is 14.2 Å². The first-order valence-corrected chi connectivity index (χ1v) is 6.68. The van der Waals surface area contributed by atoms with Crippen LogP contribution in [0, 0.1) is 5.82 Å². The Morgan fingerprint density at radius 3 is 2.19 bits per heavy atom. The van der Waals surface area contributed by atoms with Gasteiger partial charge in [-0.15, -0.1) is 0 Å². The minimum atomic E-state index is -0.276. The van der Waals surface area contributed by atoms with E-state index in [1.807, 2.05) is 12.1 Å². The fourth-order valence-electron chi connectivity index (χ4n) is 2.07. The fraction of sp³-hybridized carbons (Fsp3) is 0.235. The van der Waals surface area contributed by atoms with Gasteiger partial charge in [0.2, 0.25) is 0 Å². The molecular weight excluding hydrogens is 269 g/mol. The Labute approximate surface area is 124 Å². The average Bonchev–Trinajstić information content (AvgIpc) is 2.50. The lowest BCUT2D eigenvalue weighted by molar-refractivity contribution is 0.0785. The molecule has 0 atom stereocenters. The van der Waals surface area contributed by atoms with Gasteiger partial charge in [0.25, 0.3) is 5.91 Å². The van der Waals surface area contributed by atoms with Crippen molar-refractivity contribution in [1.82, 2.24) is 4.90 Å². The van der Waals surface area contributed by atoms with E-state index in [0.29, 0.717) is 18.7 Å². The molecule has 0 fully saturated rings. The van der Waals surface area contributed by atoms with Crippen LogP contribution in [-0.2, 0) is 17.9 Å². The highest BCUT2D eigenvalue weighted by atomic mass is 19.1. The maximum Gasteiger partial charge on any atom is 0.253 e. The third-order valence-electron chi connectivity index (χ3n) is 3.19. The Kier molecular flexibility index (Phi) is 5.06. The summed E-state index contributed by atoms with van der Waals surface area (Å²) >= 11 is 0. The smallest absolute Gasteiger partial charge is 0.253 e. The number of nitrogens with zero attached hydrogens (tertiary/aromatic N) is 1. The van der Waals surface area contributed by atoms with E-state index < -0.39 is 0 Å². The maximum atomic E-state index is 12.9. The van der Waals surface area contributed by atoms with Crippen LogP contribution < -0.4 is 0 Å². The van der Waals surface area contributed by atoms with Gasteiger partial charge in [-0.2, -0.15) is 0 Å². The summed E-state index contributed by atoms with van der Waals surface area (Å²) in [4.78, 5) is 13.9. The number of carbonyl (C=O) groups excluding carboxylic acids is 1. The van der Waals surface area contributed by atoms with Gasteiger partial charge in [0.05, 0.1) is 6.61 Å². The molecule has 0 aliphatic carbocycles. The monoisotopic (exact) mass is 287 g/mol. The van der Waals surface area contributed by atoms with Crippen molar-refractivity contribution >= 4 is 5.91 Å².